The Labute approximate surface area is 597 Å². The number of aliphatic hydroxyl groups is 16. The van der Waals surface area contributed by atoms with Crippen LogP contribution in [-0.4, -0.2) is 378 Å². The summed E-state index contributed by atoms with van der Waals surface area (Å²) in [6.07, 6.45) is -5.82. The Morgan fingerprint density at radius 3 is 0.755 bits per heavy atom. The second kappa shape index (κ2) is 63.3. The summed E-state index contributed by atoms with van der Waals surface area (Å²) in [7, 11) is 0. The molecule has 0 heterocycles. The quantitative estimate of drug-likeness (QED) is 0.0190. The highest BCUT2D eigenvalue weighted by atomic mass is 16.6. The first kappa shape index (κ1) is 94.3. The molecule has 0 aliphatic heterocycles. The topological polar surface area (TPSA) is 496 Å². The Morgan fingerprint density at radius 2 is 0.500 bits per heavy atom. The zero-order chi connectivity index (χ0) is 74.6. The molecule has 102 heavy (non-hydrogen) atoms. The van der Waals surface area contributed by atoms with Crippen molar-refractivity contribution in [2.24, 2.45) is 10.2 Å². The Kier molecular flexibility index (Phi) is 58.5. The number of aliphatic hydroxyl groups excluding tert-OH is 16. The van der Waals surface area contributed by atoms with E-state index in [-0.39, 0.29) is 151 Å². The van der Waals surface area contributed by atoms with E-state index in [2.05, 4.69) is 16.8 Å². The third-order valence-corrected chi connectivity index (χ3v) is 14.3. The lowest BCUT2D eigenvalue weighted by molar-refractivity contribution is -0.156. The van der Waals surface area contributed by atoms with E-state index in [1.807, 2.05) is 18.2 Å². The van der Waals surface area contributed by atoms with Gasteiger partial charge in [-0.05, 0) is 67.8 Å². The van der Waals surface area contributed by atoms with Crippen LogP contribution in [0.25, 0.3) is 0 Å². The number of hydrogen-bond donors (Lipinski definition) is 16. The van der Waals surface area contributed by atoms with Gasteiger partial charge in [-0.25, -0.2) is 0 Å². The van der Waals surface area contributed by atoms with Crippen molar-refractivity contribution < 1.29 is 157 Å². The van der Waals surface area contributed by atoms with E-state index >= 15 is 0 Å². The maximum atomic E-state index is 10.0. The summed E-state index contributed by atoms with van der Waals surface area (Å²) in [5, 5.41) is 165. The van der Waals surface area contributed by atoms with E-state index in [0.29, 0.717) is 23.7 Å². The summed E-state index contributed by atoms with van der Waals surface area (Å²) in [5.41, 5.74) is 1.02. The average Bonchev–Trinajstić information content (AvgIpc) is 0.890. The molecule has 34 heteroatoms. The fourth-order valence-corrected chi connectivity index (χ4v) is 8.52. The van der Waals surface area contributed by atoms with Crippen LogP contribution in [0.1, 0.15) is 51.4 Å². The van der Waals surface area contributed by atoms with Gasteiger partial charge in [0.25, 0.3) is 0 Å². The summed E-state index contributed by atoms with van der Waals surface area (Å²) in [6.45, 7) is -6.39. The fourth-order valence-electron chi connectivity index (χ4n) is 8.52. The third-order valence-electron chi connectivity index (χ3n) is 14.3. The summed E-state index contributed by atoms with van der Waals surface area (Å²) in [5.74, 6) is 0.991. The molecule has 0 saturated carbocycles. The Hall–Kier alpha value is -3.82. The van der Waals surface area contributed by atoms with Gasteiger partial charge in [-0.1, -0.05) is 38.2 Å². The molecular formula is C68H120N2O32. The molecule has 0 saturated heterocycles. The van der Waals surface area contributed by atoms with Crippen molar-refractivity contribution in [3.8, 4) is 11.5 Å². The van der Waals surface area contributed by atoms with E-state index in [0.717, 1.165) is 25.7 Å². The summed E-state index contributed by atoms with van der Waals surface area (Å²) in [4.78, 5) is 0. The molecule has 2 aromatic rings. The summed E-state index contributed by atoms with van der Waals surface area (Å²) in [6, 6.07) is 13.8. The molecule has 0 aliphatic carbocycles. The maximum absolute atomic E-state index is 10.0. The van der Waals surface area contributed by atoms with Gasteiger partial charge in [0.15, 0.2) is 0 Å². The number of benzene rings is 2. The number of azo groups is 1. The van der Waals surface area contributed by atoms with Crippen LogP contribution in [0.5, 0.6) is 11.5 Å². The minimum Gasteiger partial charge on any atom is -0.494 e. The first-order valence-corrected chi connectivity index (χ1v) is 34.6. The zero-order valence-electron chi connectivity index (χ0n) is 58.7. The monoisotopic (exact) mass is 1480 g/mol. The summed E-state index contributed by atoms with van der Waals surface area (Å²) >= 11 is 0. The van der Waals surface area contributed by atoms with Crippen molar-refractivity contribution in [2.75, 3.05) is 205 Å². The lowest BCUT2D eigenvalue weighted by Gasteiger charge is -2.29. The Bertz CT molecular complexity index is 1990. The zero-order valence-corrected chi connectivity index (χ0v) is 58.7. The molecule has 0 aromatic heterocycles. The number of unbranched alkanes of at least 4 members (excludes halogenated alkanes) is 7. The average molecular weight is 1480 g/mol. The number of nitrogens with zero attached hydrogens (tertiary/aromatic N) is 2. The molecule has 8 unspecified atom stereocenters. The van der Waals surface area contributed by atoms with Crippen LogP contribution >= 0.6 is 0 Å². The number of allylic oxidation sites excluding steroid dienone is 1. The molecule has 2 aromatic carbocycles. The summed E-state index contributed by atoms with van der Waals surface area (Å²) < 4.78 is 95.8. The van der Waals surface area contributed by atoms with E-state index in [1.165, 1.54) is 25.7 Å². The van der Waals surface area contributed by atoms with E-state index in [4.69, 9.17) is 75.8 Å². The van der Waals surface area contributed by atoms with Gasteiger partial charge in [0, 0.05) is 0 Å². The first-order valence-electron chi connectivity index (χ1n) is 34.6. The van der Waals surface area contributed by atoms with Crippen LogP contribution in [0.15, 0.2) is 71.4 Å². The minimum absolute atomic E-state index is 0.215. The van der Waals surface area contributed by atoms with Gasteiger partial charge in [-0.15, -0.1) is 6.58 Å². The number of hydrogen-bond acceptors (Lipinski definition) is 34. The van der Waals surface area contributed by atoms with Crippen LogP contribution in [0, 0.1) is 0 Å². The van der Waals surface area contributed by atoms with Gasteiger partial charge in [0.05, 0.1) is 216 Å². The molecule has 34 nitrogen and oxygen atoms in total. The minimum atomic E-state index is -1.23. The van der Waals surface area contributed by atoms with Crippen molar-refractivity contribution in [3.05, 3.63) is 61.2 Å². The van der Waals surface area contributed by atoms with Gasteiger partial charge < -0.3 is 157 Å². The van der Waals surface area contributed by atoms with E-state index in [9.17, 15) is 81.7 Å². The molecule has 0 spiro atoms. The highest BCUT2D eigenvalue weighted by molar-refractivity contribution is 5.44. The van der Waals surface area contributed by atoms with Crippen LogP contribution < -0.4 is 9.47 Å². The van der Waals surface area contributed by atoms with Crippen molar-refractivity contribution in [2.45, 2.75) is 143 Å². The van der Waals surface area contributed by atoms with Crippen molar-refractivity contribution in [1.29, 1.82) is 0 Å². The molecule has 0 amide bonds. The van der Waals surface area contributed by atoms with Crippen molar-refractivity contribution >= 4 is 11.4 Å². The molecule has 0 bridgehead atoms. The predicted molar refractivity (Wildman–Crippen MR) is 364 cm³/mol. The Balaban J connectivity index is 2.69. The molecule has 594 valence electrons. The highest BCUT2D eigenvalue weighted by Crippen LogP contribution is 2.25. The predicted octanol–water partition coefficient (Wildman–Crippen LogP) is -2.20. The van der Waals surface area contributed by atoms with Gasteiger partial charge in [0.1, 0.15) is 103 Å². The maximum Gasteiger partial charge on any atom is 0.145 e. The van der Waals surface area contributed by atoms with Gasteiger partial charge in [-0.3, -0.25) is 0 Å². The molecular weight excluding hydrogens is 1360 g/mol. The SMILES string of the molecule is C=CCCCCCCCCCOc1ccc(N=Nc2ccc(OC(COC(COC(COCC(O)CO)COCC(O)CO)COC(COCC(O)CO)COCC(O)CO)COC(COC(COCC(O)CO)COCC(O)CO)COC(COCC(O)CO)COCC(O)CO)cc2)cc1. The van der Waals surface area contributed by atoms with Crippen LogP contribution in [-0.2, 0) is 66.3 Å². The van der Waals surface area contributed by atoms with Crippen LogP contribution in [0.2, 0.25) is 0 Å². The lowest BCUT2D eigenvalue weighted by atomic mass is 10.1. The number of rotatable bonds is 73. The van der Waals surface area contributed by atoms with E-state index in [1.54, 1.807) is 36.4 Å². The molecule has 16 N–H and O–H groups in total. The normalized spacial score (nSPS) is 16.5. The molecule has 2 rings (SSSR count). The lowest BCUT2D eigenvalue weighted by Crippen LogP contribution is -2.41. The highest BCUT2D eigenvalue weighted by Gasteiger charge is 2.27. The smallest absolute Gasteiger partial charge is 0.145 e. The van der Waals surface area contributed by atoms with Gasteiger partial charge >= 0.3 is 0 Å². The van der Waals surface area contributed by atoms with Crippen LogP contribution in [0.4, 0.5) is 11.4 Å². The second-order valence-electron chi connectivity index (χ2n) is 24.1. The molecule has 0 radical (unpaired) electrons. The molecule has 8 atom stereocenters. The fraction of sp³-hybridized carbons (Fsp3) is 0.794. The van der Waals surface area contributed by atoms with Crippen molar-refractivity contribution in [1.82, 2.24) is 0 Å². The van der Waals surface area contributed by atoms with Crippen LogP contribution in [0.3, 0.4) is 0 Å². The second-order valence-corrected chi connectivity index (χ2v) is 24.1. The molecule has 0 fully saturated rings. The Morgan fingerprint density at radius 1 is 0.275 bits per heavy atom. The first-order chi connectivity index (χ1) is 49.5. The standard InChI is InChI=1S/C68H120N2O32/c1-2-3-4-5-6-7-8-9-10-19-95-60-15-11-50(12-16-60)69-70-51-13-17-61(18-14-51)102-68(48-100-66(44-96-62(36-87-28-52(79)20-71)37-88-29-53(80)21-72)45-97-63(38-89-30-54(81)22-73)39-90-31-55(82)23-74)49-101-67(46-98-64(40-91-32-56(83)24-75)41-92-33-57(84)25-76)47-99-65(42-93-34-58(85)26-77)43-94-35-59(86)27-78/h2,11-18,52-59,62-68,71-86H,1,3-10,19-49H2. The van der Waals surface area contributed by atoms with Crippen molar-refractivity contribution in [3.63, 3.8) is 0 Å². The van der Waals surface area contributed by atoms with Gasteiger partial charge in [0.2, 0.25) is 0 Å². The third kappa shape index (κ3) is 50.6. The van der Waals surface area contributed by atoms with Gasteiger partial charge in [-0.2, -0.15) is 10.2 Å². The number of ether oxygens (including phenoxy) is 16. The largest absolute Gasteiger partial charge is 0.494 e. The van der Waals surface area contributed by atoms with E-state index < -0.39 is 144 Å². The molecule has 0 aliphatic rings.